The Morgan fingerprint density at radius 1 is 1.33 bits per heavy atom. The molecular weight excluding hydrogens is 234 g/mol. The van der Waals surface area contributed by atoms with E-state index < -0.39 is 5.60 Å². The van der Waals surface area contributed by atoms with Gasteiger partial charge in [-0.05, 0) is 33.6 Å². The summed E-state index contributed by atoms with van der Waals surface area (Å²) in [5.74, 6) is 0. The minimum absolute atomic E-state index is 0.275. The van der Waals surface area contributed by atoms with Crippen molar-refractivity contribution < 1.29 is 19.0 Å². The lowest BCUT2D eigenvalue weighted by Crippen LogP contribution is -2.47. The van der Waals surface area contributed by atoms with Gasteiger partial charge in [0.2, 0.25) is 0 Å². The highest BCUT2D eigenvalue weighted by Gasteiger charge is 2.41. The zero-order valence-corrected chi connectivity index (χ0v) is 11.5. The SMILES string of the molecule is CC(C)(C)OC(=O)N1CCOCC2(CCCO2)C1. The molecule has 2 aliphatic rings. The van der Waals surface area contributed by atoms with Crippen molar-refractivity contribution in [3.8, 4) is 0 Å². The monoisotopic (exact) mass is 257 g/mol. The van der Waals surface area contributed by atoms with E-state index >= 15 is 0 Å². The normalized spacial score (nSPS) is 29.4. The van der Waals surface area contributed by atoms with E-state index in [1.54, 1.807) is 4.90 Å². The first kappa shape index (κ1) is 13.6. The summed E-state index contributed by atoms with van der Waals surface area (Å²) in [6.07, 6.45) is 1.71. The fourth-order valence-electron chi connectivity index (χ4n) is 2.38. The summed E-state index contributed by atoms with van der Waals surface area (Å²) in [6, 6.07) is 0. The van der Waals surface area contributed by atoms with Crippen LogP contribution in [0.5, 0.6) is 0 Å². The average Bonchev–Trinajstić information content (AvgIpc) is 2.57. The summed E-state index contributed by atoms with van der Waals surface area (Å²) < 4.78 is 16.8. The van der Waals surface area contributed by atoms with Gasteiger partial charge in [-0.3, -0.25) is 0 Å². The van der Waals surface area contributed by atoms with Gasteiger partial charge in [-0.15, -0.1) is 0 Å². The van der Waals surface area contributed by atoms with Crippen molar-refractivity contribution in [1.29, 1.82) is 0 Å². The van der Waals surface area contributed by atoms with E-state index in [0.29, 0.717) is 26.3 Å². The van der Waals surface area contributed by atoms with Crippen molar-refractivity contribution in [2.24, 2.45) is 0 Å². The van der Waals surface area contributed by atoms with Gasteiger partial charge in [-0.25, -0.2) is 4.79 Å². The van der Waals surface area contributed by atoms with Crippen LogP contribution in [-0.2, 0) is 14.2 Å². The second-order valence-corrected chi connectivity index (χ2v) is 6.09. The van der Waals surface area contributed by atoms with E-state index in [-0.39, 0.29) is 11.7 Å². The molecule has 0 aliphatic carbocycles. The number of hydrogen-bond acceptors (Lipinski definition) is 4. The number of carbonyl (C=O) groups excluding carboxylic acids is 1. The predicted molar refractivity (Wildman–Crippen MR) is 66.5 cm³/mol. The van der Waals surface area contributed by atoms with Crippen molar-refractivity contribution in [2.75, 3.05) is 32.9 Å². The van der Waals surface area contributed by atoms with Gasteiger partial charge >= 0.3 is 6.09 Å². The van der Waals surface area contributed by atoms with Gasteiger partial charge in [0, 0.05) is 13.2 Å². The van der Waals surface area contributed by atoms with Gasteiger partial charge in [0.25, 0.3) is 0 Å². The van der Waals surface area contributed by atoms with E-state index in [9.17, 15) is 4.79 Å². The van der Waals surface area contributed by atoms with Crippen LogP contribution in [0.15, 0.2) is 0 Å². The van der Waals surface area contributed by atoms with Crippen LogP contribution in [0.25, 0.3) is 0 Å². The Hall–Kier alpha value is -0.810. The summed E-state index contributed by atoms with van der Waals surface area (Å²) in [5.41, 5.74) is -0.776. The van der Waals surface area contributed by atoms with E-state index in [1.165, 1.54) is 0 Å². The molecule has 5 heteroatoms. The fraction of sp³-hybridized carbons (Fsp3) is 0.923. The first-order chi connectivity index (χ1) is 8.40. The van der Waals surface area contributed by atoms with Crippen LogP contribution in [0.3, 0.4) is 0 Å². The molecule has 0 aromatic carbocycles. The first-order valence-corrected chi connectivity index (χ1v) is 6.60. The van der Waals surface area contributed by atoms with Gasteiger partial charge in [0.05, 0.1) is 19.8 Å². The van der Waals surface area contributed by atoms with Crippen LogP contribution >= 0.6 is 0 Å². The standard InChI is InChI=1S/C13H23NO4/c1-12(2,3)18-11(15)14-6-8-16-10-13(9-14)5-4-7-17-13/h4-10H2,1-3H3. The fourth-order valence-corrected chi connectivity index (χ4v) is 2.38. The Bertz CT molecular complexity index is 305. The van der Waals surface area contributed by atoms with E-state index in [1.807, 2.05) is 20.8 Å². The maximum atomic E-state index is 12.1. The molecule has 2 heterocycles. The zero-order valence-electron chi connectivity index (χ0n) is 11.5. The summed E-state index contributed by atoms with van der Waals surface area (Å²) in [7, 11) is 0. The first-order valence-electron chi connectivity index (χ1n) is 6.60. The van der Waals surface area contributed by atoms with Crippen LogP contribution in [0.4, 0.5) is 4.79 Å². The minimum Gasteiger partial charge on any atom is -0.444 e. The smallest absolute Gasteiger partial charge is 0.410 e. The third kappa shape index (κ3) is 3.36. The van der Waals surface area contributed by atoms with E-state index in [0.717, 1.165) is 19.4 Å². The number of rotatable bonds is 0. The van der Waals surface area contributed by atoms with Crippen LogP contribution in [0.2, 0.25) is 0 Å². The Balaban J connectivity index is 2.01. The van der Waals surface area contributed by atoms with Gasteiger partial charge in [0.1, 0.15) is 11.2 Å². The molecule has 104 valence electrons. The van der Waals surface area contributed by atoms with Gasteiger partial charge in [-0.2, -0.15) is 0 Å². The lowest BCUT2D eigenvalue weighted by atomic mass is 10.0. The maximum Gasteiger partial charge on any atom is 0.410 e. The van der Waals surface area contributed by atoms with Crippen molar-refractivity contribution in [1.82, 2.24) is 4.90 Å². The van der Waals surface area contributed by atoms with Gasteiger partial charge < -0.3 is 19.1 Å². The van der Waals surface area contributed by atoms with Crippen LogP contribution in [-0.4, -0.2) is 55.1 Å². The van der Waals surface area contributed by atoms with Crippen molar-refractivity contribution in [3.63, 3.8) is 0 Å². The molecule has 2 rings (SSSR count). The van der Waals surface area contributed by atoms with Gasteiger partial charge in [0.15, 0.2) is 0 Å². The molecule has 0 aromatic rings. The number of carbonyl (C=O) groups is 1. The summed E-state index contributed by atoms with van der Waals surface area (Å²) in [5, 5.41) is 0. The molecular formula is C13H23NO4. The zero-order chi connectivity index (χ0) is 13.2. The third-order valence-corrected chi connectivity index (χ3v) is 3.19. The molecule has 2 saturated heterocycles. The molecule has 0 radical (unpaired) electrons. The number of amides is 1. The Morgan fingerprint density at radius 2 is 2.11 bits per heavy atom. The molecule has 0 N–H and O–H groups in total. The Labute approximate surface area is 108 Å². The second kappa shape index (κ2) is 5.05. The molecule has 5 nitrogen and oxygen atoms in total. The van der Waals surface area contributed by atoms with Crippen molar-refractivity contribution in [2.45, 2.75) is 44.8 Å². The average molecular weight is 257 g/mol. The molecule has 0 aromatic heterocycles. The highest BCUT2D eigenvalue weighted by atomic mass is 16.6. The van der Waals surface area contributed by atoms with E-state index in [2.05, 4.69) is 0 Å². The Kier molecular flexibility index (Phi) is 3.82. The summed E-state index contributed by atoms with van der Waals surface area (Å²) in [6.45, 7) is 8.65. The van der Waals surface area contributed by atoms with Crippen LogP contribution in [0, 0.1) is 0 Å². The summed E-state index contributed by atoms with van der Waals surface area (Å²) >= 11 is 0. The molecule has 18 heavy (non-hydrogen) atoms. The number of hydrogen-bond donors (Lipinski definition) is 0. The number of nitrogens with zero attached hydrogens (tertiary/aromatic N) is 1. The number of ether oxygens (including phenoxy) is 3. The quantitative estimate of drug-likeness (QED) is 0.664. The largest absolute Gasteiger partial charge is 0.444 e. The van der Waals surface area contributed by atoms with Gasteiger partial charge in [-0.1, -0.05) is 0 Å². The molecule has 1 spiro atoms. The minimum atomic E-state index is -0.464. The van der Waals surface area contributed by atoms with Crippen LogP contribution in [0.1, 0.15) is 33.6 Å². The molecule has 1 unspecified atom stereocenters. The summed E-state index contributed by atoms with van der Waals surface area (Å²) in [4.78, 5) is 13.8. The Morgan fingerprint density at radius 3 is 2.72 bits per heavy atom. The maximum absolute atomic E-state index is 12.1. The second-order valence-electron chi connectivity index (χ2n) is 6.09. The lowest BCUT2D eigenvalue weighted by molar-refractivity contribution is -0.0573. The molecule has 2 aliphatic heterocycles. The topological polar surface area (TPSA) is 48.0 Å². The third-order valence-electron chi connectivity index (χ3n) is 3.19. The van der Waals surface area contributed by atoms with Crippen LogP contribution < -0.4 is 0 Å². The lowest BCUT2D eigenvalue weighted by Gasteiger charge is -2.32. The molecule has 1 atom stereocenters. The van der Waals surface area contributed by atoms with E-state index in [4.69, 9.17) is 14.2 Å². The molecule has 2 fully saturated rings. The van der Waals surface area contributed by atoms with Crippen molar-refractivity contribution >= 4 is 6.09 Å². The highest BCUT2D eigenvalue weighted by Crippen LogP contribution is 2.29. The highest BCUT2D eigenvalue weighted by molar-refractivity contribution is 5.68. The molecule has 1 amide bonds. The van der Waals surface area contributed by atoms with Crippen molar-refractivity contribution in [3.05, 3.63) is 0 Å². The molecule has 0 bridgehead atoms. The predicted octanol–water partition coefficient (Wildman–Crippen LogP) is 1.80. The molecule has 0 saturated carbocycles.